The second kappa shape index (κ2) is 7.40. The zero-order chi connectivity index (χ0) is 21.5. The molecule has 0 bridgehead atoms. The van der Waals surface area contributed by atoms with E-state index >= 15 is 0 Å². The van der Waals surface area contributed by atoms with Gasteiger partial charge in [0.2, 0.25) is 5.88 Å². The van der Waals surface area contributed by atoms with Crippen LogP contribution in [0.25, 0.3) is 0 Å². The fourth-order valence-corrected chi connectivity index (χ4v) is 3.17. The number of anilines is 2. The molecule has 3 heterocycles. The molecule has 0 atom stereocenters. The van der Waals surface area contributed by atoms with E-state index in [9.17, 15) is 5.11 Å². The van der Waals surface area contributed by atoms with Crippen LogP contribution in [0.1, 0.15) is 64.8 Å². The Kier molecular flexibility index (Phi) is 5.02. The first-order chi connectivity index (χ1) is 14.1. The van der Waals surface area contributed by atoms with E-state index in [0.717, 1.165) is 17.3 Å². The Hall–Kier alpha value is -2.93. The van der Waals surface area contributed by atoms with E-state index in [0.29, 0.717) is 23.2 Å². The van der Waals surface area contributed by atoms with Gasteiger partial charge in [0.15, 0.2) is 0 Å². The van der Waals surface area contributed by atoms with Gasteiger partial charge in [-0.25, -0.2) is 9.67 Å². The maximum atomic E-state index is 10.2. The maximum absolute atomic E-state index is 10.2. The third-order valence-electron chi connectivity index (χ3n) is 4.94. The zero-order valence-electron chi connectivity index (χ0n) is 18.2. The number of nitrogens with one attached hydrogen (secondary N) is 1. The Bertz CT molecular complexity index is 1040. The van der Waals surface area contributed by atoms with Crippen molar-refractivity contribution in [2.24, 2.45) is 0 Å². The summed E-state index contributed by atoms with van der Waals surface area (Å²) in [5.41, 5.74) is 1.29. The summed E-state index contributed by atoms with van der Waals surface area (Å²) in [6, 6.07) is 9.37. The van der Waals surface area contributed by atoms with Crippen LogP contribution in [0.3, 0.4) is 0 Å². The van der Waals surface area contributed by atoms with E-state index in [2.05, 4.69) is 42.1 Å². The number of hydrogen-bond donors (Lipinski definition) is 2. The van der Waals surface area contributed by atoms with Crippen LogP contribution in [0.15, 0.2) is 42.7 Å². The highest BCUT2D eigenvalue weighted by Crippen LogP contribution is 2.42. The number of ether oxygens (including phenoxy) is 1. The summed E-state index contributed by atoms with van der Waals surface area (Å²) in [5, 5.41) is 18.2. The molecule has 1 aliphatic rings. The molecule has 1 saturated carbocycles. The van der Waals surface area contributed by atoms with Crippen molar-refractivity contribution in [3.05, 3.63) is 54.1 Å². The summed E-state index contributed by atoms with van der Waals surface area (Å²) >= 11 is 0. The van der Waals surface area contributed by atoms with Gasteiger partial charge in [-0.1, -0.05) is 0 Å². The normalized spacial score (nSPS) is 14.6. The minimum atomic E-state index is -1.01. The van der Waals surface area contributed by atoms with Crippen molar-refractivity contribution in [3.63, 3.8) is 0 Å². The minimum Gasteiger partial charge on any atom is -0.439 e. The Morgan fingerprint density at radius 1 is 1.03 bits per heavy atom. The Morgan fingerprint density at radius 2 is 1.77 bits per heavy atom. The zero-order valence-corrected chi connectivity index (χ0v) is 18.2. The molecular weight excluding hydrogens is 378 g/mol. The summed E-state index contributed by atoms with van der Waals surface area (Å²) < 4.78 is 8.17. The molecule has 0 unspecified atom stereocenters. The van der Waals surface area contributed by atoms with Crippen LogP contribution < -0.4 is 10.1 Å². The molecule has 1 aliphatic carbocycles. The highest BCUT2D eigenvalue weighted by atomic mass is 16.5. The predicted octanol–water partition coefficient (Wildman–Crippen LogP) is 5.07. The van der Waals surface area contributed by atoms with Crippen LogP contribution in [-0.2, 0) is 11.1 Å². The number of aliphatic hydroxyl groups is 1. The molecule has 3 aromatic rings. The minimum absolute atomic E-state index is 0.179. The fourth-order valence-electron chi connectivity index (χ4n) is 3.17. The molecule has 1 fully saturated rings. The third-order valence-corrected chi connectivity index (χ3v) is 4.94. The number of aromatic nitrogens is 4. The average Bonchev–Trinajstić information content (AvgIpc) is 3.41. The van der Waals surface area contributed by atoms with Gasteiger partial charge < -0.3 is 15.2 Å². The van der Waals surface area contributed by atoms with Crippen LogP contribution >= 0.6 is 0 Å². The number of pyridine rings is 2. The van der Waals surface area contributed by atoms with Crippen LogP contribution in [0.2, 0.25) is 0 Å². The standard InChI is InChI=1S/C23H29N5O2/c1-22(2,3)28-21(14-18(27-28)15-6-7-15)30-17-9-11-25-20(13-17)26-16-8-10-24-19(12-16)23(4,5)29/h8-15,29H,6-7H2,1-5H3,(H,24,25,26). The van der Waals surface area contributed by atoms with E-state index in [4.69, 9.17) is 9.84 Å². The Labute approximate surface area is 177 Å². The lowest BCUT2D eigenvalue weighted by atomic mass is 10.0. The van der Waals surface area contributed by atoms with Gasteiger partial charge in [0.1, 0.15) is 17.2 Å². The van der Waals surface area contributed by atoms with E-state index in [1.165, 1.54) is 12.8 Å². The van der Waals surface area contributed by atoms with E-state index in [1.54, 1.807) is 26.2 Å². The van der Waals surface area contributed by atoms with Crippen LogP contribution in [-0.4, -0.2) is 24.9 Å². The number of hydrogen-bond acceptors (Lipinski definition) is 6. The molecule has 0 aromatic carbocycles. The van der Waals surface area contributed by atoms with Crippen molar-refractivity contribution >= 4 is 11.5 Å². The first-order valence-corrected chi connectivity index (χ1v) is 10.3. The van der Waals surface area contributed by atoms with Gasteiger partial charge in [0.25, 0.3) is 0 Å². The highest BCUT2D eigenvalue weighted by molar-refractivity contribution is 5.57. The lowest BCUT2D eigenvalue weighted by Gasteiger charge is -2.22. The molecule has 4 rings (SSSR count). The van der Waals surface area contributed by atoms with Crippen molar-refractivity contribution in [1.82, 2.24) is 19.7 Å². The maximum Gasteiger partial charge on any atom is 0.218 e. The summed E-state index contributed by atoms with van der Waals surface area (Å²) in [5.74, 6) is 2.61. The third kappa shape index (κ3) is 4.62. The quantitative estimate of drug-likeness (QED) is 0.593. The highest BCUT2D eigenvalue weighted by Gasteiger charge is 2.30. The van der Waals surface area contributed by atoms with Crippen molar-refractivity contribution in [2.75, 3.05) is 5.32 Å². The Balaban J connectivity index is 1.56. The summed E-state index contributed by atoms with van der Waals surface area (Å²) in [4.78, 5) is 8.62. The lowest BCUT2D eigenvalue weighted by molar-refractivity contribution is 0.0739. The molecule has 30 heavy (non-hydrogen) atoms. The molecule has 158 valence electrons. The van der Waals surface area contributed by atoms with Gasteiger partial charge in [-0.15, -0.1) is 0 Å². The first kappa shape index (κ1) is 20.3. The van der Waals surface area contributed by atoms with E-state index in [1.807, 2.05) is 28.9 Å². The first-order valence-electron chi connectivity index (χ1n) is 10.3. The largest absolute Gasteiger partial charge is 0.439 e. The second-order valence-corrected chi connectivity index (χ2v) is 9.36. The number of nitrogens with zero attached hydrogens (tertiary/aromatic N) is 4. The molecule has 7 nitrogen and oxygen atoms in total. The molecule has 0 amide bonds. The monoisotopic (exact) mass is 407 g/mol. The van der Waals surface area contributed by atoms with Gasteiger partial charge in [0, 0.05) is 36.1 Å². The van der Waals surface area contributed by atoms with Gasteiger partial charge in [-0.05, 0) is 65.7 Å². The Morgan fingerprint density at radius 3 is 2.43 bits per heavy atom. The van der Waals surface area contributed by atoms with Crippen molar-refractivity contribution in [3.8, 4) is 11.6 Å². The fraction of sp³-hybridized carbons (Fsp3) is 0.435. The summed E-state index contributed by atoms with van der Waals surface area (Å²) in [7, 11) is 0. The molecule has 0 spiro atoms. The second-order valence-electron chi connectivity index (χ2n) is 9.36. The van der Waals surface area contributed by atoms with Crippen LogP contribution in [0, 0.1) is 0 Å². The molecule has 0 radical (unpaired) electrons. The van der Waals surface area contributed by atoms with Gasteiger partial charge in [0.05, 0.1) is 16.9 Å². The smallest absolute Gasteiger partial charge is 0.218 e. The van der Waals surface area contributed by atoms with E-state index < -0.39 is 5.60 Å². The average molecular weight is 408 g/mol. The van der Waals surface area contributed by atoms with Crippen LogP contribution in [0.5, 0.6) is 11.6 Å². The van der Waals surface area contributed by atoms with Crippen LogP contribution in [0.4, 0.5) is 11.5 Å². The van der Waals surface area contributed by atoms with Crippen molar-refractivity contribution in [2.45, 2.75) is 64.5 Å². The van der Waals surface area contributed by atoms with Gasteiger partial charge in [-0.2, -0.15) is 5.10 Å². The van der Waals surface area contributed by atoms with Crippen molar-refractivity contribution < 1.29 is 9.84 Å². The number of rotatable bonds is 6. The van der Waals surface area contributed by atoms with Gasteiger partial charge in [-0.3, -0.25) is 4.98 Å². The summed E-state index contributed by atoms with van der Waals surface area (Å²) in [6.07, 6.45) is 5.76. The predicted molar refractivity (Wildman–Crippen MR) is 116 cm³/mol. The molecule has 0 aliphatic heterocycles. The molecule has 7 heteroatoms. The SMILES string of the molecule is CC(C)(O)c1cc(Nc2cc(Oc3cc(C4CC4)nn3C(C)(C)C)ccn2)ccn1. The van der Waals surface area contributed by atoms with E-state index in [-0.39, 0.29) is 5.54 Å². The topological polar surface area (TPSA) is 85.1 Å². The van der Waals surface area contributed by atoms with Crippen molar-refractivity contribution in [1.29, 1.82) is 0 Å². The summed E-state index contributed by atoms with van der Waals surface area (Å²) in [6.45, 7) is 9.77. The van der Waals surface area contributed by atoms with Gasteiger partial charge >= 0.3 is 0 Å². The molecule has 0 saturated heterocycles. The molecule has 2 N–H and O–H groups in total. The molecular formula is C23H29N5O2. The lowest BCUT2D eigenvalue weighted by Crippen LogP contribution is -2.23. The molecule has 3 aromatic heterocycles.